The SMILES string of the molecule is CC(C)Cc1ccc2nn(C)cc2c1NS(=O)(=O)c1ccc(CCCOC[C@H]2COCCN2C)cc1. The molecule has 1 atom stereocenters. The highest BCUT2D eigenvalue weighted by Gasteiger charge is 2.21. The first-order valence-electron chi connectivity index (χ1n) is 12.7. The van der Waals surface area contributed by atoms with Gasteiger partial charge in [-0.2, -0.15) is 5.10 Å². The fourth-order valence-electron chi connectivity index (χ4n) is 4.53. The van der Waals surface area contributed by atoms with Gasteiger partial charge in [-0.1, -0.05) is 32.0 Å². The Hall–Kier alpha value is -2.46. The number of rotatable bonds is 11. The van der Waals surface area contributed by atoms with Crippen LogP contribution in [0.3, 0.4) is 0 Å². The van der Waals surface area contributed by atoms with Crippen molar-refractivity contribution in [1.29, 1.82) is 0 Å². The topological polar surface area (TPSA) is 85.7 Å². The summed E-state index contributed by atoms with van der Waals surface area (Å²) in [6, 6.07) is 11.4. The first kappa shape index (κ1) is 26.6. The predicted molar refractivity (Wildman–Crippen MR) is 143 cm³/mol. The summed E-state index contributed by atoms with van der Waals surface area (Å²) in [5.74, 6) is 0.391. The summed E-state index contributed by atoms with van der Waals surface area (Å²) in [6.45, 7) is 8.02. The third-order valence-corrected chi connectivity index (χ3v) is 7.94. The summed E-state index contributed by atoms with van der Waals surface area (Å²) < 4.78 is 42.6. The van der Waals surface area contributed by atoms with Crippen LogP contribution in [0.25, 0.3) is 10.9 Å². The van der Waals surface area contributed by atoms with Crippen LogP contribution >= 0.6 is 0 Å². The molecule has 1 aliphatic heterocycles. The van der Waals surface area contributed by atoms with Crippen molar-refractivity contribution in [1.82, 2.24) is 14.7 Å². The van der Waals surface area contributed by atoms with Crippen molar-refractivity contribution in [2.24, 2.45) is 13.0 Å². The maximum absolute atomic E-state index is 13.3. The number of likely N-dealkylation sites (N-methyl/N-ethyl adjacent to an activating group) is 1. The van der Waals surface area contributed by atoms with E-state index in [2.05, 4.69) is 35.6 Å². The average molecular weight is 515 g/mol. The van der Waals surface area contributed by atoms with Gasteiger partial charge in [-0.25, -0.2) is 8.42 Å². The van der Waals surface area contributed by atoms with Crippen molar-refractivity contribution in [3.05, 3.63) is 53.7 Å². The molecule has 3 aromatic rings. The first-order chi connectivity index (χ1) is 17.2. The number of morpholine rings is 1. The van der Waals surface area contributed by atoms with Crippen LogP contribution in [-0.4, -0.2) is 69.2 Å². The van der Waals surface area contributed by atoms with Crippen molar-refractivity contribution in [2.45, 2.75) is 44.0 Å². The Labute approximate surface area is 214 Å². The van der Waals surface area contributed by atoms with Crippen LogP contribution in [0, 0.1) is 5.92 Å². The number of benzene rings is 2. The molecule has 1 aromatic heterocycles. The molecule has 0 saturated carbocycles. The lowest BCUT2D eigenvalue weighted by atomic mass is 10.00. The molecule has 0 spiro atoms. The molecule has 4 rings (SSSR count). The van der Waals surface area contributed by atoms with E-state index in [9.17, 15) is 8.42 Å². The summed E-state index contributed by atoms with van der Waals surface area (Å²) >= 11 is 0. The van der Waals surface area contributed by atoms with Gasteiger partial charge in [0.1, 0.15) is 0 Å². The van der Waals surface area contributed by atoms with Crippen molar-refractivity contribution in [3.8, 4) is 0 Å². The maximum atomic E-state index is 13.3. The zero-order chi connectivity index (χ0) is 25.7. The highest BCUT2D eigenvalue weighted by Crippen LogP contribution is 2.31. The Morgan fingerprint density at radius 2 is 1.94 bits per heavy atom. The number of nitrogens with zero attached hydrogens (tertiary/aromatic N) is 3. The molecule has 8 nitrogen and oxygen atoms in total. The van der Waals surface area contributed by atoms with Gasteiger partial charge in [0.05, 0.1) is 42.0 Å². The highest BCUT2D eigenvalue weighted by atomic mass is 32.2. The molecular weight excluding hydrogens is 476 g/mol. The van der Waals surface area contributed by atoms with Crippen molar-refractivity contribution in [3.63, 3.8) is 0 Å². The van der Waals surface area contributed by atoms with E-state index in [1.807, 2.05) is 37.5 Å². The van der Waals surface area contributed by atoms with Crippen LogP contribution in [0.1, 0.15) is 31.4 Å². The average Bonchev–Trinajstić information content (AvgIpc) is 3.22. The minimum atomic E-state index is -3.75. The third kappa shape index (κ3) is 6.64. The van der Waals surface area contributed by atoms with Crippen LogP contribution in [0.15, 0.2) is 47.5 Å². The van der Waals surface area contributed by atoms with Gasteiger partial charge in [-0.05, 0) is 61.6 Å². The molecule has 0 amide bonds. The second-order valence-electron chi connectivity index (χ2n) is 10.1. The quantitative estimate of drug-likeness (QED) is 0.391. The molecule has 1 aliphatic rings. The van der Waals surface area contributed by atoms with E-state index in [0.29, 0.717) is 37.5 Å². The Bertz CT molecular complexity index is 1250. The fourth-order valence-corrected chi connectivity index (χ4v) is 5.65. The lowest BCUT2D eigenvalue weighted by molar-refractivity contribution is -0.0322. The number of anilines is 1. The van der Waals surface area contributed by atoms with Gasteiger partial charge in [0.25, 0.3) is 10.0 Å². The number of aromatic nitrogens is 2. The highest BCUT2D eigenvalue weighted by molar-refractivity contribution is 7.92. The molecule has 0 unspecified atom stereocenters. The fraction of sp³-hybridized carbons (Fsp3) is 0.519. The summed E-state index contributed by atoms with van der Waals surface area (Å²) in [5.41, 5.74) is 3.44. The molecule has 2 aromatic carbocycles. The molecule has 0 bridgehead atoms. The molecule has 1 N–H and O–H groups in total. The van der Waals surface area contributed by atoms with Gasteiger partial charge in [0.2, 0.25) is 0 Å². The largest absolute Gasteiger partial charge is 0.380 e. The van der Waals surface area contributed by atoms with E-state index in [1.165, 1.54) is 0 Å². The van der Waals surface area contributed by atoms with Gasteiger partial charge in [0.15, 0.2) is 0 Å². The van der Waals surface area contributed by atoms with E-state index in [-0.39, 0.29) is 4.90 Å². The zero-order valence-corrected chi connectivity index (χ0v) is 22.6. The number of ether oxygens (including phenoxy) is 2. The van der Waals surface area contributed by atoms with E-state index >= 15 is 0 Å². The molecule has 1 fully saturated rings. The Morgan fingerprint density at radius 3 is 2.67 bits per heavy atom. The van der Waals surface area contributed by atoms with E-state index < -0.39 is 10.0 Å². The summed E-state index contributed by atoms with van der Waals surface area (Å²) in [6.07, 6.45) is 4.34. The molecule has 0 radical (unpaired) electrons. The van der Waals surface area contributed by atoms with Crippen LogP contribution in [0.4, 0.5) is 5.69 Å². The van der Waals surface area contributed by atoms with E-state index in [4.69, 9.17) is 9.47 Å². The minimum Gasteiger partial charge on any atom is -0.380 e. The van der Waals surface area contributed by atoms with E-state index in [0.717, 1.165) is 54.4 Å². The van der Waals surface area contributed by atoms with Gasteiger partial charge in [-0.15, -0.1) is 0 Å². The molecule has 2 heterocycles. The number of sulfonamides is 1. The number of hydrogen-bond acceptors (Lipinski definition) is 6. The maximum Gasteiger partial charge on any atom is 0.261 e. The lowest BCUT2D eigenvalue weighted by Crippen LogP contribution is -2.45. The minimum absolute atomic E-state index is 0.249. The second kappa shape index (κ2) is 11.7. The normalized spacial score (nSPS) is 17.2. The smallest absolute Gasteiger partial charge is 0.261 e. The Kier molecular flexibility index (Phi) is 8.66. The summed E-state index contributed by atoms with van der Waals surface area (Å²) in [7, 11) is 0.195. The molecular formula is C27H38N4O4S. The monoisotopic (exact) mass is 514 g/mol. The van der Waals surface area contributed by atoms with Crippen LogP contribution < -0.4 is 4.72 Å². The number of fused-ring (bicyclic) bond motifs is 1. The second-order valence-corrected chi connectivity index (χ2v) is 11.8. The molecule has 9 heteroatoms. The van der Waals surface area contributed by atoms with Crippen LogP contribution in [0.2, 0.25) is 0 Å². The Balaban J connectivity index is 1.38. The lowest BCUT2D eigenvalue weighted by Gasteiger charge is -2.32. The van der Waals surface area contributed by atoms with Crippen molar-refractivity contribution < 1.29 is 17.9 Å². The number of hydrogen-bond donors (Lipinski definition) is 1. The standard InChI is InChI=1S/C27H38N4O4S/c1-20(2)16-22-9-12-26-25(17-31(4)28-26)27(22)29-36(32,33)24-10-7-21(8-11-24)6-5-14-34-18-23-19-35-15-13-30(23)3/h7-12,17,20,23,29H,5-6,13-16,18-19H2,1-4H3/t23-/m0/s1. The molecule has 36 heavy (non-hydrogen) atoms. The van der Waals surface area contributed by atoms with Crippen molar-refractivity contribution in [2.75, 3.05) is 44.7 Å². The first-order valence-corrected chi connectivity index (χ1v) is 14.1. The Morgan fingerprint density at radius 1 is 1.17 bits per heavy atom. The van der Waals surface area contributed by atoms with Gasteiger partial charge in [-0.3, -0.25) is 14.3 Å². The molecule has 1 saturated heterocycles. The van der Waals surface area contributed by atoms with Gasteiger partial charge >= 0.3 is 0 Å². The predicted octanol–water partition coefficient (Wildman–Crippen LogP) is 3.85. The van der Waals surface area contributed by atoms with Crippen LogP contribution in [0.5, 0.6) is 0 Å². The summed E-state index contributed by atoms with van der Waals surface area (Å²) in [4.78, 5) is 2.52. The van der Waals surface area contributed by atoms with Gasteiger partial charge in [0, 0.05) is 31.8 Å². The van der Waals surface area contributed by atoms with E-state index in [1.54, 1.807) is 16.8 Å². The number of aryl methyl sites for hydroxylation is 2. The molecule has 196 valence electrons. The van der Waals surface area contributed by atoms with Crippen LogP contribution in [-0.2, 0) is 39.4 Å². The number of nitrogens with one attached hydrogen (secondary N) is 1. The summed E-state index contributed by atoms with van der Waals surface area (Å²) in [5, 5.41) is 5.25. The molecule has 0 aliphatic carbocycles. The van der Waals surface area contributed by atoms with Gasteiger partial charge < -0.3 is 9.47 Å². The zero-order valence-electron chi connectivity index (χ0n) is 21.7. The van der Waals surface area contributed by atoms with Crippen molar-refractivity contribution >= 4 is 26.6 Å². The third-order valence-electron chi connectivity index (χ3n) is 6.57.